The third kappa shape index (κ3) is 2.20. The van der Waals surface area contributed by atoms with Gasteiger partial charge in [-0.2, -0.15) is 0 Å². The summed E-state index contributed by atoms with van der Waals surface area (Å²) in [6.07, 6.45) is 5.07. The van der Waals surface area contributed by atoms with E-state index in [4.69, 9.17) is 23.2 Å². The fourth-order valence-electron chi connectivity index (χ4n) is 0.446. The molecule has 9 heavy (non-hydrogen) atoms. The Bertz CT molecular complexity index is 174. The maximum Gasteiger partial charge on any atom is 0.187 e. The minimum atomic E-state index is -0.647. The Kier molecular flexibility index (Phi) is 2.09. The smallest absolute Gasteiger partial charge is 0.187 e. The lowest BCUT2D eigenvalue weighted by atomic mass is 10.4. The van der Waals surface area contributed by atoms with Crippen LogP contribution in [0.5, 0.6) is 0 Å². The molecule has 0 fully saturated rings. The molecule has 0 saturated heterocycles. The molecule has 0 aromatic carbocycles. The molecule has 0 radical (unpaired) electrons. The van der Waals surface area contributed by atoms with Gasteiger partial charge in [0.2, 0.25) is 0 Å². The van der Waals surface area contributed by atoms with Crippen LogP contribution in [0.2, 0.25) is 0 Å². The lowest BCUT2D eigenvalue weighted by Gasteiger charge is -2.18. The highest BCUT2D eigenvalue weighted by molar-refractivity contribution is 9.10. The van der Waals surface area contributed by atoms with Crippen LogP contribution >= 0.6 is 39.1 Å². The zero-order chi connectivity index (χ0) is 6.91. The standard InChI is InChI=1S/C5H4BrCl2N/c6-5(8)2-1-4(7)3-9-5/h1-3,9H. The molecule has 1 N–H and O–H groups in total. The van der Waals surface area contributed by atoms with E-state index >= 15 is 0 Å². The van der Waals surface area contributed by atoms with Crippen molar-refractivity contribution in [2.75, 3.05) is 0 Å². The molecule has 1 atom stereocenters. The van der Waals surface area contributed by atoms with Crippen LogP contribution in [0, 0.1) is 0 Å². The van der Waals surface area contributed by atoms with Crippen molar-refractivity contribution < 1.29 is 0 Å². The van der Waals surface area contributed by atoms with Gasteiger partial charge in [0.1, 0.15) is 0 Å². The monoisotopic (exact) mass is 227 g/mol. The van der Waals surface area contributed by atoms with E-state index < -0.39 is 3.91 Å². The van der Waals surface area contributed by atoms with Gasteiger partial charge in [-0.3, -0.25) is 0 Å². The number of dihydropyridines is 1. The van der Waals surface area contributed by atoms with Gasteiger partial charge in [-0.1, -0.05) is 23.2 Å². The van der Waals surface area contributed by atoms with Crippen LogP contribution in [0.25, 0.3) is 0 Å². The largest absolute Gasteiger partial charge is 0.360 e. The first-order chi connectivity index (χ1) is 4.10. The first-order valence-electron chi connectivity index (χ1n) is 2.30. The minimum Gasteiger partial charge on any atom is -0.360 e. The predicted octanol–water partition coefficient (Wildman–Crippen LogP) is 2.51. The van der Waals surface area contributed by atoms with Gasteiger partial charge in [-0.25, -0.2) is 0 Å². The second kappa shape index (κ2) is 2.52. The third-order valence-electron chi connectivity index (χ3n) is 0.854. The second-order valence-electron chi connectivity index (χ2n) is 1.63. The molecule has 1 aliphatic rings. The zero-order valence-electron chi connectivity index (χ0n) is 4.37. The number of hydrogen-bond acceptors (Lipinski definition) is 1. The van der Waals surface area contributed by atoms with Crippen LogP contribution in [-0.2, 0) is 0 Å². The van der Waals surface area contributed by atoms with Crippen molar-refractivity contribution in [3.8, 4) is 0 Å². The van der Waals surface area contributed by atoms with Crippen LogP contribution in [0.1, 0.15) is 0 Å². The third-order valence-corrected chi connectivity index (χ3v) is 1.82. The highest BCUT2D eigenvalue weighted by Gasteiger charge is 2.18. The predicted molar refractivity (Wildman–Crippen MR) is 43.7 cm³/mol. The van der Waals surface area contributed by atoms with E-state index in [0.717, 1.165) is 0 Å². The summed E-state index contributed by atoms with van der Waals surface area (Å²) in [6, 6.07) is 0. The van der Waals surface area contributed by atoms with Crippen molar-refractivity contribution in [3.63, 3.8) is 0 Å². The Morgan fingerprint density at radius 3 is 2.67 bits per heavy atom. The van der Waals surface area contributed by atoms with Gasteiger partial charge in [0.05, 0.1) is 5.03 Å². The number of allylic oxidation sites excluding steroid dienone is 2. The quantitative estimate of drug-likeness (QED) is 0.497. The van der Waals surface area contributed by atoms with E-state index in [1.165, 1.54) is 0 Å². The van der Waals surface area contributed by atoms with Crippen molar-refractivity contribution in [2.45, 2.75) is 3.91 Å². The van der Waals surface area contributed by atoms with E-state index in [1.54, 1.807) is 18.4 Å². The molecule has 4 heteroatoms. The summed E-state index contributed by atoms with van der Waals surface area (Å²) in [6.45, 7) is 0. The van der Waals surface area contributed by atoms with E-state index in [2.05, 4.69) is 21.2 Å². The lowest BCUT2D eigenvalue weighted by Crippen LogP contribution is -2.28. The Morgan fingerprint density at radius 1 is 1.67 bits per heavy atom. The Balaban J connectivity index is 2.70. The van der Waals surface area contributed by atoms with Crippen LogP contribution in [0.3, 0.4) is 0 Å². The summed E-state index contributed by atoms with van der Waals surface area (Å²) in [4.78, 5) is 0. The van der Waals surface area contributed by atoms with Crippen LogP contribution in [0.4, 0.5) is 0 Å². The van der Waals surface area contributed by atoms with Crippen LogP contribution < -0.4 is 5.32 Å². The SMILES string of the molecule is ClC1=CNC(Cl)(Br)C=C1. The molecule has 0 aromatic heterocycles. The summed E-state index contributed by atoms with van der Waals surface area (Å²) >= 11 is 14.5. The Morgan fingerprint density at radius 2 is 2.33 bits per heavy atom. The molecule has 0 spiro atoms. The fourth-order valence-corrected chi connectivity index (χ4v) is 0.927. The topological polar surface area (TPSA) is 12.0 Å². The van der Waals surface area contributed by atoms with Gasteiger partial charge < -0.3 is 5.32 Å². The summed E-state index contributed by atoms with van der Waals surface area (Å²) < 4.78 is -0.647. The molecule has 1 heterocycles. The number of rotatable bonds is 0. The van der Waals surface area contributed by atoms with E-state index in [0.29, 0.717) is 5.03 Å². The van der Waals surface area contributed by atoms with Gasteiger partial charge in [0.15, 0.2) is 3.91 Å². The molecule has 1 nitrogen and oxygen atoms in total. The summed E-state index contributed by atoms with van der Waals surface area (Å²) in [5.41, 5.74) is 0. The van der Waals surface area contributed by atoms with E-state index in [-0.39, 0.29) is 0 Å². The average Bonchev–Trinajstić information content (AvgIpc) is 1.78. The molecule has 50 valence electrons. The molecular weight excluding hydrogens is 225 g/mol. The van der Waals surface area contributed by atoms with Gasteiger partial charge in [-0.05, 0) is 28.1 Å². The summed E-state index contributed by atoms with van der Waals surface area (Å²) in [7, 11) is 0. The van der Waals surface area contributed by atoms with Crippen molar-refractivity contribution in [1.29, 1.82) is 0 Å². The molecule has 0 aromatic rings. The number of halogens is 3. The van der Waals surface area contributed by atoms with Gasteiger partial charge in [0.25, 0.3) is 0 Å². The van der Waals surface area contributed by atoms with Crippen LogP contribution in [0.15, 0.2) is 23.4 Å². The zero-order valence-corrected chi connectivity index (χ0v) is 7.46. The Labute approximate surface area is 71.8 Å². The molecule has 1 rings (SSSR count). The minimum absolute atomic E-state index is 0.644. The molecule has 0 bridgehead atoms. The van der Waals surface area contributed by atoms with Crippen molar-refractivity contribution in [1.82, 2.24) is 5.32 Å². The Hall–Kier alpha value is 0.340. The molecule has 1 unspecified atom stereocenters. The molecule has 0 aliphatic carbocycles. The maximum atomic E-state index is 5.75. The highest BCUT2D eigenvalue weighted by Crippen LogP contribution is 2.25. The van der Waals surface area contributed by atoms with Crippen LogP contribution in [-0.4, -0.2) is 3.91 Å². The fraction of sp³-hybridized carbons (Fsp3) is 0.200. The van der Waals surface area contributed by atoms with Crippen molar-refractivity contribution in [2.24, 2.45) is 0 Å². The first kappa shape index (κ1) is 7.45. The first-order valence-corrected chi connectivity index (χ1v) is 3.85. The van der Waals surface area contributed by atoms with Crippen molar-refractivity contribution in [3.05, 3.63) is 23.4 Å². The molecule has 0 saturated carbocycles. The van der Waals surface area contributed by atoms with Crippen molar-refractivity contribution >= 4 is 39.1 Å². The van der Waals surface area contributed by atoms with E-state index in [9.17, 15) is 0 Å². The molecular formula is C5H4BrCl2N. The molecule has 1 aliphatic heterocycles. The van der Waals surface area contributed by atoms with Gasteiger partial charge in [0, 0.05) is 6.20 Å². The highest BCUT2D eigenvalue weighted by atomic mass is 79.9. The number of alkyl halides is 2. The van der Waals surface area contributed by atoms with Gasteiger partial charge in [-0.15, -0.1) is 0 Å². The average molecular weight is 229 g/mol. The van der Waals surface area contributed by atoms with Gasteiger partial charge >= 0.3 is 0 Å². The molecule has 0 amide bonds. The summed E-state index contributed by atoms with van der Waals surface area (Å²) in [5, 5.41) is 3.45. The number of nitrogens with one attached hydrogen (secondary N) is 1. The maximum absolute atomic E-state index is 5.75. The normalized spacial score (nSPS) is 33.4. The lowest BCUT2D eigenvalue weighted by molar-refractivity contribution is 0.856. The second-order valence-corrected chi connectivity index (χ2v) is 4.37. The summed E-state index contributed by atoms with van der Waals surface area (Å²) in [5.74, 6) is 0. The van der Waals surface area contributed by atoms with E-state index in [1.807, 2.05) is 0 Å². The number of hydrogen-bond donors (Lipinski definition) is 1.